The fraction of sp³-hybridized carbons (Fsp3) is 0.462. The van der Waals surface area contributed by atoms with Crippen molar-refractivity contribution in [2.75, 3.05) is 7.05 Å². The Bertz CT molecular complexity index is 552. The molecule has 2 unspecified atom stereocenters. The molecule has 112 valence electrons. The van der Waals surface area contributed by atoms with Gasteiger partial charge in [-0.15, -0.1) is 0 Å². The third-order valence-electron chi connectivity index (χ3n) is 2.70. The summed E-state index contributed by atoms with van der Waals surface area (Å²) >= 11 is 0. The highest BCUT2D eigenvalue weighted by molar-refractivity contribution is 7.89. The topological polar surface area (TPSA) is 95.5 Å². The van der Waals surface area contributed by atoms with Gasteiger partial charge in [0.25, 0.3) is 5.91 Å². The molecule has 0 heterocycles. The molecule has 0 fully saturated rings. The quantitative estimate of drug-likeness (QED) is 0.712. The predicted octanol–water partition coefficient (Wildman–Crippen LogP) is 0.484. The second-order valence-corrected chi connectivity index (χ2v) is 6.42. The number of benzene rings is 1. The predicted molar refractivity (Wildman–Crippen MR) is 75.9 cm³/mol. The Morgan fingerprint density at radius 2 is 1.80 bits per heavy atom. The molecule has 1 aromatic carbocycles. The lowest BCUT2D eigenvalue weighted by atomic mass is 10.2. The van der Waals surface area contributed by atoms with Crippen LogP contribution in [0.25, 0.3) is 0 Å². The van der Waals surface area contributed by atoms with Gasteiger partial charge >= 0.3 is 0 Å². The zero-order valence-corrected chi connectivity index (χ0v) is 12.6. The molecule has 7 heteroatoms. The van der Waals surface area contributed by atoms with E-state index in [2.05, 4.69) is 10.0 Å². The highest BCUT2D eigenvalue weighted by Crippen LogP contribution is 2.12. The van der Waals surface area contributed by atoms with Crippen LogP contribution >= 0.6 is 0 Å². The fourth-order valence-corrected chi connectivity index (χ4v) is 3.08. The maximum atomic E-state index is 12.1. The first-order valence-electron chi connectivity index (χ1n) is 6.29. The van der Waals surface area contributed by atoms with Crippen molar-refractivity contribution in [3.63, 3.8) is 0 Å². The Kier molecular flexibility index (Phi) is 5.67. The molecule has 1 aromatic rings. The van der Waals surface area contributed by atoms with Crippen LogP contribution < -0.4 is 10.0 Å². The number of rotatable bonds is 6. The molecule has 1 rings (SSSR count). The van der Waals surface area contributed by atoms with E-state index >= 15 is 0 Å². The maximum Gasteiger partial charge on any atom is 0.251 e. The van der Waals surface area contributed by atoms with Crippen molar-refractivity contribution in [2.45, 2.75) is 37.3 Å². The number of nitrogens with one attached hydrogen (secondary N) is 2. The molecule has 6 nitrogen and oxygen atoms in total. The zero-order chi connectivity index (χ0) is 15.3. The number of amides is 1. The second-order valence-electron chi connectivity index (χ2n) is 4.71. The van der Waals surface area contributed by atoms with E-state index in [-0.39, 0.29) is 16.8 Å². The van der Waals surface area contributed by atoms with Crippen LogP contribution in [0.4, 0.5) is 0 Å². The van der Waals surface area contributed by atoms with Crippen LogP contribution in [0.15, 0.2) is 29.2 Å². The van der Waals surface area contributed by atoms with Gasteiger partial charge in [-0.3, -0.25) is 4.79 Å². The van der Waals surface area contributed by atoms with Gasteiger partial charge in [0.2, 0.25) is 10.0 Å². The Balaban J connectivity index is 2.85. The first kappa shape index (κ1) is 16.6. The number of carbonyl (C=O) groups is 1. The third-order valence-corrected chi connectivity index (χ3v) is 4.31. The van der Waals surface area contributed by atoms with E-state index in [4.69, 9.17) is 0 Å². The maximum absolute atomic E-state index is 12.1. The number of sulfonamides is 1. The van der Waals surface area contributed by atoms with Gasteiger partial charge in [0.15, 0.2) is 0 Å². The summed E-state index contributed by atoms with van der Waals surface area (Å²) in [5.74, 6) is -0.274. The summed E-state index contributed by atoms with van der Waals surface area (Å²) in [6, 6.07) is 5.28. The zero-order valence-electron chi connectivity index (χ0n) is 11.8. The first-order valence-corrected chi connectivity index (χ1v) is 7.77. The van der Waals surface area contributed by atoms with Crippen LogP contribution in [0, 0.1) is 0 Å². The summed E-state index contributed by atoms with van der Waals surface area (Å²) in [6.07, 6.45) is -0.251. The highest BCUT2D eigenvalue weighted by Gasteiger charge is 2.18. The van der Waals surface area contributed by atoms with Crippen molar-refractivity contribution in [1.29, 1.82) is 0 Å². The van der Waals surface area contributed by atoms with E-state index in [9.17, 15) is 18.3 Å². The van der Waals surface area contributed by atoms with Gasteiger partial charge in [-0.1, -0.05) is 0 Å². The lowest BCUT2D eigenvalue weighted by Gasteiger charge is -2.15. The van der Waals surface area contributed by atoms with Gasteiger partial charge in [0.1, 0.15) is 0 Å². The minimum absolute atomic E-state index is 0.0857. The molecule has 3 N–H and O–H groups in total. The molecule has 0 radical (unpaired) electrons. The van der Waals surface area contributed by atoms with Crippen molar-refractivity contribution in [3.8, 4) is 0 Å². The molecule has 1 amide bonds. The summed E-state index contributed by atoms with van der Waals surface area (Å²) in [5.41, 5.74) is 0.392. The Morgan fingerprint density at radius 1 is 1.25 bits per heavy atom. The van der Waals surface area contributed by atoms with Crippen molar-refractivity contribution in [3.05, 3.63) is 29.8 Å². The van der Waals surface area contributed by atoms with E-state index in [0.29, 0.717) is 12.0 Å². The number of hydrogen-bond acceptors (Lipinski definition) is 4. The monoisotopic (exact) mass is 300 g/mol. The molecular formula is C13H20N2O4S. The SMILES string of the molecule is CNC(=O)c1ccc(S(=O)(=O)NC(C)CC(C)O)cc1. The standard InChI is InChI=1S/C13H20N2O4S/c1-9(8-10(2)16)15-20(18,19)12-6-4-11(5-7-12)13(17)14-3/h4-7,9-10,15-16H,8H2,1-3H3,(H,14,17). The van der Waals surface area contributed by atoms with E-state index < -0.39 is 16.1 Å². The molecule has 0 aromatic heterocycles. The smallest absolute Gasteiger partial charge is 0.251 e. The number of carbonyl (C=O) groups excluding carboxylic acids is 1. The van der Waals surface area contributed by atoms with E-state index in [1.165, 1.54) is 31.3 Å². The normalized spacial score (nSPS) is 14.6. The summed E-state index contributed by atoms with van der Waals surface area (Å²) < 4.78 is 26.6. The van der Waals surface area contributed by atoms with Crippen LogP contribution in [0.2, 0.25) is 0 Å². The summed E-state index contributed by atoms with van der Waals surface area (Å²) in [7, 11) is -2.14. The van der Waals surface area contributed by atoms with Crippen LogP contribution in [-0.4, -0.2) is 38.6 Å². The average molecular weight is 300 g/mol. The number of aliphatic hydroxyl groups excluding tert-OH is 1. The Labute approximate surface area is 119 Å². The van der Waals surface area contributed by atoms with Crippen molar-refractivity contribution >= 4 is 15.9 Å². The molecule has 0 saturated carbocycles. The van der Waals surface area contributed by atoms with Gasteiger partial charge in [0.05, 0.1) is 11.0 Å². The molecule has 0 saturated heterocycles. The van der Waals surface area contributed by atoms with Crippen LogP contribution in [0.5, 0.6) is 0 Å². The van der Waals surface area contributed by atoms with Gasteiger partial charge < -0.3 is 10.4 Å². The largest absolute Gasteiger partial charge is 0.393 e. The summed E-state index contributed by atoms with van der Waals surface area (Å²) in [6.45, 7) is 3.28. The van der Waals surface area contributed by atoms with Crippen LogP contribution in [0.3, 0.4) is 0 Å². The van der Waals surface area contributed by atoms with E-state index in [1.54, 1.807) is 13.8 Å². The van der Waals surface area contributed by atoms with Gasteiger partial charge in [-0.05, 0) is 44.5 Å². The highest BCUT2D eigenvalue weighted by atomic mass is 32.2. The molecule has 2 atom stereocenters. The molecular weight excluding hydrogens is 280 g/mol. The molecule has 0 aliphatic heterocycles. The van der Waals surface area contributed by atoms with Gasteiger partial charge in [0, 0.05) is 18.7 Å². The van der Waals surface area contributed by atoms with Crippen molar-refractivity contribution < 1.29 is 18.3 Å². The number of hydrogen-bond donors (Lipinski definition) is 3. The van der Waals surface area contributed by atoms with Crippen LogP contribution in [0.1, 0.15) is 30.6 Å². The third kappa shape index (κ3) is 4.59. The molecule has 0 spiro atoms. The lowest BCUT2D eigenvalue weighted by molar-refractivity contribution is 0.0963. The molecule has 0 aliphatic carbocycles. The summed E-state index contributed by atoms with van der Waals surface area (Å²) in [4.78, 5) is 11.5. The van der Waals surface area contributed by atoms with Crippen molar-refractivity contribution in [2.24, 2.45) is 0 Å². The summed E-state index contributed by atoms with van der Waals surface area (Å²) in [5, 5.41) is 11.7. The molecule has 0 aliphatic rings. The van der Waals surface area contributed by atoms with E-state index in [0.717, 1.165) is 0 Å². The Hall–Kier alpha value is -1.44. The molecule has 20 heavy (non-hydrogen) atoms. The Morgan fingerprint density at radius 3 is 2.25 bits per heavy atom. The van der Waals surface area contributed by atoms with Gasteiger partial charge in [-0.2, -0.15) is 0 Å². The first-order chi connectivity index (χ1) is 9.26. The van der Waals surface area contributed by atoms with Gasteiger partial charge in [-0.25, -0.2) is 13.1 Å². The fourth-order valence-electron chi connectivity index (χ4n) is 1.82. The minimum atomic E-state index is -3.65. The second kappa shape index (κ2) is 6.83. The lowest BCUT2D eigenvalue weighted by Crippen LogP contribution is -2.34. The minimum Gasteiger partial charge on any atom is -0.393 e. The van der Waals surface area contributed by atoms with E-state index in [1.807, 2.05) is 0 Å². The van der Waals surface area contributed by atoms with Crippen LogP contribution in [-0.2, 0) is 10.0 Å². The average Bonchev–Trinajstić information content (AvgIpc) is 2.36. The number of aliphatic hydroxyl groups is 1. The van der Waals surface area contributed by atoms with Crippen molar-refractivity contribution in [1.82, 2.24) is 10.0 Å². The molecule has 0 bridgehead atoms.